The molecule has 102 valence electrons. The van der Waals surface area contributed by atoms with Crippen LogP contribution in [0.3, 0.4) is 0 Å². The monoisotopic (exact) mass is 337 g/mol. The number of rotatable bonds is 4. The van der Waals surface area contributed by atoms with Crippen LogP contribution in [0.1, 0.15) is 5.89 Å². The first-order chi connectivity index (χ1) is 9.72. The van der Waals surface area contributed by atoms with Gasteiger partial charge in [0.05, 0.1) is 0 Å². The molecule has 2 N–H and O–H groups in total. The number of ether oxygens (including phenoxy) is 1. The van der Waals surface area contributed by atoms with Gasteiger partial charge in [-0.05, 0) is 34.6 Å². The molecule has 3 aromatic rings. The summed E-state index contributed by atoms with van der Waals surface area (Å²) < 4.78 is 16.0. The van der Waals surface area contributed by atoms with Gasteiger partial charge in [0, 0.05) is 4.47 Å². The Balaban J connectivity index is 1.69. The molecule has 0 amide bonds. The highest BCUT2D eigenvalue weighted by molar-refractivity contribution is 9.10. The lowest BCUT2D eigenvalue weighted by atomic mass is 10.3. The Morgan fingerprint density at radius 2 is 1.95 bits per heavy atom. The summed E-state index contributed by atoms with van der Waals surface area (Å²) in [6.45, 7) is 0.139. The fourth-order valence-corrected chi connectivity index (χ4v) is 1.70. The molecule has 0 aliphatic heterocycles. The van der Waals surface area contributed by atoms with Gasteiger partial charge in [0.25, 0.3) is 5.89 Å². The lowest BCUT2D eigenvalue weighted by molar-refractivity contribution is 0.243. The second kappa shape index (κ2) is 5.29. The molecule has 9 heteroatoms. The van der Waals surface area contributed by atoms with Crippen molar-refractivity contribution in [1.82, 2.24) is 20.5 Å². The van der Waals surface area contributed by atoms with Crippen LogP contribution in [0.4, 0.5) is 5.82 Å². The van der Waals surface area contributed by atoms with Crippen molar-refractivity contribution >= 4 is 21.7 Å². The molecule has 2 heterocycles. The van der Waals surface area contributed by atoms with Gasteiger partial charge in [-0.2, -0.15) is 4.98 Å². The average molecular weight is 338 g/mol. The van der Waals surface area contributed by atoms with E-state index >= 15 is 0 Å². The molecule has 0 aliphatic rings. The minimum absolute atomic E-state index is 0.103. The van der Waals surface area contributed by atoms with Crippen molar-refractivity contribution in [3.05, 3.63) is 34.6 Å². The number of hydrogen-bond acceptors (Lipinski definition) is 8. The molecule has 1 aromatic carbocycles. The van der Waals surface area contributed by atoms with Gasteiger partial charge in [0.15, 0.2) is 18.1 Å². The molecule has 0 atom stereocenters. The molecule has 8 nitrogen and oxygen atoms in total. The van der Waals surface area contributed by atoms with Crippen LogP contribution in [-0.4, -0.2) is 20.5 Å². The van der Waals surface area contributed by atoms with Crippen LogP contribution in [0.2, 0.25) is 0 Å². The number of halogens is 1. The smallest absolute Gasteiger partial charge is 0.264 e. The second-order valence-electron chi connectivity index (χ2n) is 3.75. The summed E-state index contributed by atoms with van der Waals surface area (Å²) in [4.78, 5) is 4.09. The van der Waals surface area contributed by atoms with Crippen LogP contribution in [0.15, 0.2) is 37.9 Å². The molecule has 0 fully saturated rings. The summed E-state index contributed by atoms with van der Waals surface area (Å²) in [5, 5.41) is 10.8. The van der Waals surface area contributed by atoms with E-state index in [1.54, 1.807) is 0 Å². The highest BCUT2D eigenvalue weighted by atomic mass is 79.9. The van der Waals surface area contributed by atoms with Crippen LogP contribution in [0.25, 0.3) is 11.5 Å². The fraction of sp³-hybridized carbons (Fsp3) is 0.0909. The van der Waals surface area contributed by atoms with Gasteiger partial charge in [-0.1, -0.05) is 21.1 Å². The molecule has 0 saturated carbocycles. The van der Waals surface area contributed by atoms with Crippen LogP contribution in [0, 0.1) is 0 Å². The molecule has 0 saturated heterocycles. The second-order valence-corrected chi connectivity index (χ2v) is 4.67. The van der Waals surface area contributed by atoms with Crippen LogP contribution in [0.5, 0.6) is 5.75 Å². The van der Waals surface area contributed by atoms with Crippen molar-refractivity contribution in [1.29, 1.82) is 0 Å². The Morgan fingerprint density at radius 3 is 2.65 bits per heavy atom. The van der Waals surface area contributed by atoms with E-state index in [1.165, 1.54) is 0 Å². The van der Waals surface area contributed by atoms with E-state index in [-0.39, 0.29) is 23.9 Å². The molecular weight excluding hydrogens is 330 g/mol. The highest BCUT2D eigenvalue weighted by Crippen LogP contribution is 2.20. The molecule has 0 spiro atoms. The molecule has 3 rings (SSSR count). The lowest BCUT2D eigenvalue weighted by Crippen LogP contribution is -1.96. The predicted molar refractivity (Wildman–Crippen MR) is 70.5 cm³/mol. The Kier molecular flexibility index (Phi) is 3.33. The Bertz CT molecular complexity index is 709. The zero-order valence-electron chi connectivity index (χ0n) is 9.99. The van der Waals surface area contributed by atoms with Gasteiger partial charge in [-0.25, -0.2) is 4.63 Å². The summed E-state index contributed by atoms with van der Waals surface area (Å²) >= 11 is 3.34. The number of nitrogens with two attached hydrogens (primary N) is 1. The Morgan fingerprint density at radius 1 is 1.15 bits per heavy atom. The van der Waals surface area contributed by atoms with Gasteiger partial charge >= 0.3 is 0 Å². The first-order valence-electron chi connectivity index (χ1n) is 5.52. The third kappa shape index (κ3) is 2.62. The van der Waals surface area contributed by atoms with Gasteiger partial charge in [-0.3, -0.25) is 0 Å². The Labute approximate surface area is 121 Å². The van der Waals surface area contributed by atoms with E-state index in [0.717, 1.165) is 4.47 Å². The predicted octanol–water partition coefficient (Wildman–Crippen LogP) is 2.04. The molecule has 2 aromatic heterocycles. The lowest BCUT2D eigenvalue weighted by Gasteiger charge is -2.02. The summed E-state index contributed by atoms with van der Waals surface area (Å²) in [5.74, 6) is 1.30. The molecular formula is C11H8BrN5O3. The number of benzene rings is 1. The van der Waals surface area contributed by atoms with Gasteiger partial charge in [-0.15, -0.1) is 0 Å². The van der Waals surface area contributed by atoms with Crippen LogP contribution in [-0.2, 0) is 6.61 Å². The van der Waals surface area contributed by atoms with E-state index in [0.29, 0.717) is 11.6 Å². The number of nitrogen functional groups attached to an aromatic ring is 1. The van der Waals surface area contributed by atoms with E-state index in [9.17, 15) is 0 Å². The molecule has 0 radical (unpaired) electrons. The highest BCUT2D eigenvalue weighted by Gasteiger charge is 2.16. The summed E-state index contributed by atoms with van der Waals surface area (Å²) in [6.07, 6.45) is 0. The van der Waals surface area contributed by atoms with Crippen molar-refractivity contribution < 1.29 is 13.9 Å². The summed E-state index contributed by atoms with van der Waals surface area (Å²) in [7, 11) is 0. The van der Waals surface area contributed by atoms with Crippen LogP contribution < -0.4 is 10.5 Å². The molecule has 0 aliphatic carbocycles. The first kappa shape index (κ1) is 12.6. The number of hydrogen-bond donors (Lipinski definition) is 1. The normalized spacial score (nSPS) is 10.7. The maximum absolute atomic E-state index is 5.54. The molecule has 0 bridgehead atoms. The van der Waals surface area contributed by atoms with Crippen molar-refractivity contribution in [2.75, 3.05) is 5.73 Å². The zero-order chi connectivity index (χ0) is 13.9. The van der Waals surface area contributed by atoms with Crippen LogP contribution >= 0.6 is 15.9 Å². The van der Waals surface area contributed by atoms with E-state index in [2.05, 4.69) is 41.0 Å². The summed E-state index contributed by atoms with van der Waals surface area (Å²) in [5.41, 5.74) is 5.78. The minimum Gasteiger partial charge on any atom is -0.484 e. The number of anilines is 1. The molecule has 0 unspecified atom stereocenters. The molecule has 20 heavy (non-hydrogen) atoms. The van der Waals surface area contributed by atoms with Crippen molar-refractivity contribution in [2.24, 2.45) is 0 Å². The van der Waals surface area contributed by atoms with Gasteiger partial charge in [0.1, 0.15) is 5.75 Å². The van der Waals surface area contributed by atoms with E-state index < -0.39 is 0 Å². The van der Waals surface area contributed by atoms with Crippen molar-refractivity contribution in [3.8, 4) is 17.3 Å². The minimum atomic E-state index is 0.103. The fourth-order valence-electron chi connectivity index (χ4n) is 1.44. The first-order valence-corrected chi connectivity index (χ1v) is 6.31. The average Bonchev–Trinajstić information content (AvgIpc) is 3.06. The van der Waals surface area contributed by atoms with Crippen molar-refractivity contribution in [3.63, 3.8) is 0 Å². The SMILES string of the molecule is Nc1nonc1-c1noc(COc2ccc(Br)cc2)n1. The van der Waals surface area contributed by atoms with Gasteiger partial charge in [0.2, 0.25) is 5.82 Å². The topological polar surface area (TPSA) is 113 Å². The zero-order valence-corrected chi connectivity index (χ0v) is 11.6. The number of nitrogens with zero attached hydrogens (tertiary/aromatic N) is 4. The summed E-state index contributed by atoms with van der Waals surface area (Å²) in [6, 6.07) is 7.38. The van der Waals surface area contributed by atoms with E-state index in [1.807, 2.05) is 24.3 Å². The standard InChI is InChI=1S/C11H8BrN5O3/c12-6-1-3-7(4-2-6)18-5-8-14-11(17-19-8)9-10(13)16-20-15-9/h1-4H,5H2,(H2,13,16). The maximum Gasteiger partial charge on any atom is 0.264 e. The number of aromatic nitrogens is 4. The van der Waals surface area contributed by atoms with Crippen molar-refractivity contribution in [2.45, 2.75) is 6.61 Å². The quantitative estimate of drug-likeness (QED) is 0.769. The third-order valence-electron chi connectivity index (χ3n) is 2.37. The third-order valence-corrected chi connectivity index (χ3v) is 2.90. The van der Waals surface area contributed by atoms with Gasteiger partial charge < -0.3 is 15.0 Å². The van der Waals surface area contributed by atoms with E-state index in [4.69, 9.17) is 15.0 Å². The largest absolute Gasteiger partial charge is 0.484 e. The Hall–Kier alpha value is -2.42. The maximum atomic E-state index is 5.54.